The van der Waals surface area contributed by atoms with Crippen LogP contribution in [0.25, 0.3) is 0 Å². The molecule has 0 spiro atoms. The largest absolute Gasteiger partial charge is 0.460 e. The third-order valence-electron chi connectivity index (χ3n) is 4.54. The van der Waals surface area contributed by atoms with Crippen LogP contribution in [0.3, 0.4) is 0 Å². The smallest absolute Gasteiger partial charge is 0.302 e. The third-order valence-corrected chi connectivity index (χ3v) is 4.54. The average molecular weight is 375 g/mol. The summed E-state index contributed by atoms with van der Waals surface area (Å²) in [6.45, 7) is 3.67. The molecular weight excluding hydrogens is 332 g/mol. The van der Waals surface area contributed by atoms with Crippen molar-refractivity contribution < 1.29 is 24.5 Å². The fraction of sp³-hybridized carbons (Fsp3) is 0.952. The number of aliphatic hydroxyl groups is 2. The van der Waals surface area contributed by atoms with Crippen LogP contribution in [0.15, 0.2) is 0 Å². The average Bonchev–Trinajstić information content (AvgIpc) is 2.61. The Labute approximate surface area is 160 Å². The number of hydrogen-bond acceptors (Lipinski definition) is 5. The molecule has 0 radical (unpaired) electrons. The van der Waals surface area contributed by atoms with Gasteiger partial charge in [-0.2, -0.15) is 0 Å². The lowest BCUT2D eigenvalue weighted by atomic mass is 10.0. The highest BCUT2D eigenvalue weighted by atomic mass is 16.6. The quantitative estimate of drug-likeness (QED) is 0.259. The van der Waals surface area contributed by atoms with Crippen molar-refractivity contribution in [2.75, 3.05) is 19.8 Å². The second-order valence-electron chi connectivity index (χ2n) is 7.28. The molecule has 0 aliphatic carbocycles. The van der Waals surface area contributed by atoms with Crippen LogP contribution in [0.2, 0.25) is 0 Å². The number of carbonyl (C=O) groups is 1. The Kier molecular flexibility index (Phi) is 18.6. The van der Waals surface area contributed by atoms with Crippen LogP contribution in [0, 0.1) is 0 Å². The molecule has 0 aromatic carbocycles. The molecule has 2 atom stereocenters. The Morgan fingerprint density at radius 3 is 1.81 bits per heavy atom. The van der Waals surface area contributed by atoms with Gasteiger partial charge in [0.2, 0.25) is 0 Å². The summed E-state index contributed by atoms with van der Waals surface area (Å²) < 4.78 is 10.6. The molecule has 0 saturated heterocycles. The molecule has 0 aromatic rings. The first-order valence-electron chi connectivity index (χ1n) is 10.6. The van der Waals surface area contributed by atoms with Crippen LogP contribution in [-0.2, 0) is 14.3 Å². The number of aliphatic hydroxyl groups excluding tert-OH is 2. The Bertz CT molecular complexity index is 309. The number of hydrogen-bond donors (Lipinski definition) is 2. The second kappa shape index (κ2) is 19.1. The molecule has 156 valence electrons. The first-order chi connectivity index (χ1) is 12.6. The normalized spacial score (nSPS) is 13.5. The highest BCUT2D eigenvalue weighted by molar-refractivity contribution is 5.66. The molecule has 0 fully saturated rings. The molecule has 5 heteroatoms. The van der Waals surface area contributed by atoms with Crippen LogP contribution < -0.4 is 0 Å². The number of unbranched alkanes of at least 4 members (excludes halogenated alkanes) is 11. The van der Waals surface area contributed by atoms with Crippen molar-refractivity contribution in [3.05, 3.63) is 0 Å². The number of rotatable bonds is 19. The first kappa shape index (κ1) is 25.4. The van der Waals surface area contributed by atoms with Crippen molar-refractivity contribution in [3.63, 3.8) is 0 Å². The third kappa shape index (κ3) is 18.2. The summed E-state index contributed by atoms with van der Waals surface area (Å²) in [7, 11) is 0. The minimum absolute atomic E-state index is 0.0622. The maximum Gasteiger partial charge on any atom is 0.302 e. The number of esters is 1. The fourth-order valence-electron chi connectivity index (χ4n) is 3.01. The summed E-state index contributed by atoms with van der Waals surface area (Å²) in [4.78, 5) is 11.2. The lowest BCUT2D eigenvalue weighted by Gasteiger charge is -2.18. The predicted molar refractivity (Wildman–Crippen MR) is 105 cm³/mol. The van der Waals surface area contributed by atoms with Gasteiger partial charge in [0.1, 0.15) is 12.2 Å². The van der Waals surface area contributed by atoms with Gasteiger partial charge in [-0.25, -0.2) is 0 Å². The minimum Gasteiger partial charge on any atom is -0.460 e. The highest BCUT2D eigenvalue weighted by Crippen LogP contribution is 2.14. The molecule has 0 aromatic heterocycles. The van der Waals surface area contributed by atoms with Crippen LogP contribution in [0.5, 0.6) is 0 Å². The van der Waals surface area contributed by atoms with Crippen molar-refractivity contribution in [1.29, 1.82) is 0 Å². The summed E-state index contributed by atoms with van der Waals surface area (Å²) in [5, 5.41) is 18.0. The van der Waals surface area contributed by atoms with E-state index < -0.39 is 6.10 Å². The van der Waals surface area contributed by atoms with E-state index in [9.17, 15) is 9.90 Å². The van der Waals surface area contributed by atoms with Gasteiger partial charge in [0.25, 0.3) is 0 Å². The van der Waals surface area contributed by atoms with Gasteiger partial charge in [0.05, 0.1) is 19.8 Å². The summed E-state index contributed by atoms with van der Waals surface area (Å²) >= 11 is 0. The van der Waals surface area contributed by atoms with Crippen molar-refractivity contribution in [1.82, 2.24) is 0 Å². The summed E-state index contributed by atoms with van der Waals surface area (Å²) in [5.41, 5.74) is 0. The van der Waals surface area contributed by atoms with Crippen LogP contribution in [-0.4, -0.2) is 48.2 Å². The zero-order valence-electron chi connectivity index (χ0n) is 17.1. The van der Waals surface area contributed by atoms with E-state index in [-0.39, 0.29) is 31.9 Å². The monoisotopic (exact) mass is 374 g/mol. The lowest BCUT2D eigenvalue weighted by Crippen LogP contribution is -2.26. The Balaban J connectivity index is 3.55. The molecule has 0 saturated carbocycles. The Morgan fingerprint density at radius 2 is 1.35 bits per heavy atom. The maximum atomic E-state index is 11.2. The highest BCUT2D eigenvalue weighted by Gasteiger charge is 2.13. The van der Waals surface area contributed by atoms with E-state index in [0.29, 0.717) is 0 Å². The molecule has 5 nitrogen and oxygen atoms in total. The minimum atomic E-state index is -0.875. The van der Waals surface area contributed by atoms with Crippen LogP contribution in [0.4, 0.5) is 0 Å². The topological polar surface area (TPSA) is 76.0 Å². The summed E-state index contributed by atoms with van der Waals surface area (Å²) in [6.07, 6.45) is 15.2. The van der Waals surface area contributed by atoms with Gasteiger partial charge in [0.15, 0.2) is 0 Å². The molecule has 26 heavy (non-hydrogen) atoms. The van der Waals surface area contributed by atoms with Gasteiger partial charge in [-0.15, -0.1) is 0 Å². The SMILES string of the molecule is CCCCCCCCCCCCCCC(COCC(O)CO)OC(C)=O. The summed E-state index contributed by atoms with van der Waals surface area (Å²) in [6, 6.07) is 0. The van der Waals surface area contributed by atoms with Gasteiger partial charge in [-0.05, 0) is 12.8 Å². The zero-order chi connectivity index (χ0) is 19.5. The van der Waals surface area contributed by atoms with Gasteiger partial charge in [0, 0.05) is 6.92 Å². The number of ether oxygens (including phenoxy) is 2. The molecule has 2 N–H and O–H groups in total. The van der Waals surface area contributed by atoms with Crippen molar-refractivity contribution in [2.45, 2.75) is 110 Å². The molecule has 0 rings (SSSR count). The van der Waals surface area contributed by atoms with Gasteiger partial charge >= 0.3 is 5.97 Å². The fourth-order valence-corrected chi connectivity index (χ4v) is 3.01. The first-order valence-corrected chi connectivity index (χ1v) is 10.6. The molecule has 0 aliphatic heterocycles. The molecule has 0 aliphatic rings. The predicted octanol–water partition coefficient (Wildman–Crippen LogP) is 4.38. The Hall–Kier alpha value is -0.650. The lowest BCUT2D eigenvalue weighted by molar-refractivity contribution is -0.150. The standard InChI is InChI=1S/C21H42O5/c1-3-4-5-6-7-8-9-10-11-12-13-14-15-21(26-19(2)23)18-25-17-20(24)16-22/h20-22,24H,3-18H2,1-2H3. The molecule has 2 unspecified atom stereocenters. The van der Waals surface area contributed by atoms with Crippen LogP contribution >= 0.6 is 0 Å². The van der Waals surface area contributed by atoms with E-state index >= 15 is 0 Å². The number of carbonyl (C=O) groups excluding carboxylic acids is 1. The van der Waals surface area contributed by atoms with Crippen molar-refractivity contribution >= 4 is 5.97 Å². The van der Waals surface area contributed by atoms with E-state index in [4.69, 9.17) is 14.6 Å². The Morgan fingerprint density at radius 1 is 0.846 bits per heavy atom. The maximum absolute atomic E-state index is 11.2. The second-order valence-corrected chi connectivity index (χ2v) is 7.28. The van der Waals surface area contributed by atoms with Gasteiger partial charge in [-0.1, -0.05) is 77.6 Å². The van der Waals surface area contributed by atoms with E-state index in [0.717, 1.165) is 19.3 Å². The van der Waals surface area contributed by atoms with Gasteiger partial charge < -0.3 is 19.7 Å². The van der Waals surface area contributed by atoms with E-state index in [1.807, 2.05) is 0 Å². The molecule has 0 heterocycles. The van der Waals surface area contributed by atoms with Gasteiger partial charge in [-0.3, -0.25) is 4.79 Å². The van der Waals surface area contributed by atoms with E-state index in [1.165, 1.54) is 71.1 Å². The molecule has 0 bridgehead atoms. The molecular formula is C21H42O5. The van der Waals surface area contributed by atoms with E-state index in [2.05, 4.69) is 6.92 Å². The zero-order valence-corrected chi connectivity index (χ0v) is 17.1. The summed E-state index contributed by atoms with van der Waals surface area (Å²) in [5.74, 6) is -0.305. The van der Waals surface area contributed by atoms with Crippen molar-refractivity contribution in [3.8, 4) is 0 Å². The van der Waals surface area contributed by atoms with E-state index in [1.54, 1.807) is 0 Å². The van der Waals surface area contributed by atoms with Crippen molar-refractivity contribution in [2.24, 2.45) is 0 Å². The molecule has 0 amide bonds. The van der Waals surface area contributed by atoms with Crippen LogP contribution in [0.1, 0.15) is 97.3 Å².